The van der Waals surface area contributed by atoms with E-state index in [-0.39, 0.29) is 11.3 Å². The van der Waals surface area contributed by atoms with Crippen LogP contribution in [0.2, 0.25) is 0 Å². The first kappa shape index (κ1) is 20.9. The van der Waals surface area contributed by atoms with Gasteiger partial charge >= 0.3 is 0 Å². The van der Waals surface area contributed by atoms with E-state index >= 15 is 0 Å². The van der Waals surface area contributed by atoms with Crippen LogP contribution in [0.3, 0.4) is 0 Å². The summed E-state index contributed by atoms with van der Waals surface area (Å²) in [5.41, 5.74) is 1.12. The van der Waals surface area contributed by atoms with Crippen LogP contribution in [-0.2, 0) is 11.2 Å². The van der Waals surface area contributed by atoms with E-state index in [1.807, 2.05) is 6.07 Å². The van der Waals surface area contributed by atoms with Crippen LogP contribution in [0.25, 0.3) is 11.8 Å². The van der Waals surface area contributed by atoms with Crippen LogP contribution < -0.4 is 5.32 Å². The van der Waals surface area contributed by atoms with Crippen molar-refractivity contribution < 1.29 is 9.72 Å². The molecule has 0 aliphatic carbocycles. The number of rotatable bonds is 7. The van der Waals surface area contributed by atoms with E-state index in [9.17, 15) is 20.2 Å². The van der Waals surface area contributed by atoms with E-state index in [4.69, 9.17) is 0 Å². The Morgan fingerprint density at radius 1 is 1.33 bits per heavy atom. The highest BCUT2D eigenvalue weighted by atomic mass is 32.1. The van der Waals surface area contributed by atoms with E-state index in [0.29, 0.717) is 22.4 Å². The fourth-order valence-electron chi connectivity index (χ4n) is 2.68. The van der Waals surface area contributed by atoms with E-state index < -0.39 is 10.8 Å². The van der Waals surface area contributed by atoms with E-state index in [2.05, 4.69) is 29.4 Å². The molecule has 1 aromatic carbocycles. The molecule has 9 nitrogen and oxygen atoms in total. The van der Waals surface area contributed by atoms with Crippen LogP contribution in [0, 0.1) is 27.4 Å². The lowest BCUT2D eigenvalue weighted by Gasteiger charge is -2.07. The van der Waals surface area contributed by atoms with E-state index in [1.54, 1.807) is 35.0 Å². The van der Waals surface area contributed by atoms with E-state index in [1.165, 1.54) is 29.5 Å². The molecule has 0 spiro atoms. The van der Waals surface area contributed by atoms with Gasteiger partial charge in [-0.05, 0) is 36.3 Å². The van der Waals surface area contributed by atoms with Crippen molar-refractivity contribution in [3.8, 4) is 11.8 Å². The van der Waals surface area contributed by atoms with Crippen LogP contribution in [0.15, 0.2) is 48.2 Å². The Morgan fingerprint density at radius 2 is 2.07 bits per heavy atom. The maximum Gasteiger partial charge on any atom is 0.269 e. The monoisotopic (exact) mass is 422 g/mol. The number of nitriles is 1. The maximum absolute atomic E-state index is 12.5. The summed E-state index contributed by atoms with van der Waals surface area (Å²) in [5, 5.41) is 32.0. The van der Waals surface area contributed by atoms with Gasteiger partial charge < -0.3 is 4.57 Å². The highest BCUT2D eigenvalue weighted by Crippen LogP contribution is 2.21. The molecule has 0 saturated carbocycles. The van der Waals surface area contributed by atoms with Gasteiger partial charge in [-0.15, -0.1) is 10.2 Å². The quantitative estimate of drug-likeness (QED) is 0.265. The third kappa shape index (κ3) is 4.95. The minimum Gasteiger partial charge on any atom is -0.317 e. The van der Waals surface area contributed by atoms with Crippen molar-refractivity contribution in [1.82, 2.24) is 14.8 Å². The Balaban J connectivity index is 1.80. The third-order valence-electron chi connectivity index (χ3n) is 4.05. The smallest absolute Gasteiger partial charge is 0.269 e. The standard InChI is InChI=1S/C20H18N6O3S/c1-13(2)10-18-23-24-20(30-18)22-19(27)14(12-21)11-17-4-3-9-25(17)15-5-7-16(8-6-15)26(28)29/h3-9,11,13H,10H2,1-2H3,(H,22,24,27)/b14-11-. The number of carbonyl (C=O) groups excluding carboxylic acids is 1. The summed E-state index contributed by atoms with van der Waals surface area (Å²) in [7, 11) is 0. The number of nitrogens with zero attached hydrogens (tertiary/aromatic N) is 5. The Bertz CT molecular complexity index is 1140. The summed E-state index contributed by atoms with van der Waals surface area (Å²) in [6.45, 7) is 4.13. The zero-order chi connectivity index (χ0) is 21.7. The van der Waals surface area contributed by atoms with E-state index in [0.717, 1.165) is 11.4 Å². The van der Waals surface area contributed by atoms with Crippen LogP contribution in [-0.4, -0.2) is 25.6 Å². The summed E-state index contributed by atoms with van der Waals surface area (Å²) in [5.74, 6) is -0.163. The van der Waals surface area contributed by atoms with Gasteiger partial charge in [-0.3, -0.25) is 20.2 Å². The average Bonchev–Trinajstić information content (AvgIpc) is 3.34. The van der Waals surface area contributed by atoms with Crippen LogP contribution in [0.1, 0.15) is 24.5 Å². The summed E-state index contributed by atoms with van der Waals surface area (Å²) in [6.07, 6.45) is 3.95. The summed E-state index contributed by atoms with van der Waals surface area (Å²) in [4.78, 5) is 22.9. The molecule has 10 heteroatoms. The number of carbonyl (C=O) groups is 1. The summed E-state index contributed by atoms with van der Waals surface area (Å²) >= 11 is 1.28. The molecule has 1 N–H and O–H groups in total. The van der Waals surface area contributed by atoms with Crippen molar-refractivity contribution in [2.45, 2.75) is 20.3 Å². The number of amides is 1. The van der Waals surface area contributed by atoms with Crippen molar-refractivity contribution in [3.05, 3.63) is 69.0 Å². The Hall–Kier alpha value is -3.84. The van der Waals surface area contributed by atoms with Crippen LogP contribution in [0.5, 0.6) is 0 Å². The minimum atomic E-state index is -0.582. The molecule has 0 bridgehead atoms. The second-order valence-corrected chi connectivity index (χ2v) is 7.86. The largest absolute Gasteiger partial charge is 0.317 e. The molecule has 2 aromatic heterocycles. The topological polar surface area (TPSA) is 127 Å². The lowest BCUT2D eigenvalue weighted by atomic mass is 10.1. The zero-order valence-corrected chi connectivity index (χ0v) is 17.1. The third-order valence-corrected chi connectivity index (χ3v) is 4.91. The Morgan fingerprint density at radius 3 is 2.70 bits per heavy atom. The van der Waals surface area contributed by atoms with Gasteiger partial charge in [-0.1, -0.05) is 25.2 Å². The number of anilines is 1. The van der Waals surface area contributed by atoms with Crippen molar-refractivity contribution in [2.75, 3.05) is 5.32 Å². The lowest BCUT2D eigenvalue weighted by molar-refractivity contribution is -0.384. The zero-order valence-electron chi connectivity index (χ0n) is 16.3. The number of nitro benzene ring substituents is 1. The van der Waals surface area contributed by atoms with Gasteiger partial charge in [0.15, 0.2) is 0 Å². The molecule has 3 aromatic rings. The molecule has 0 atom stereocenters. The highest BCUT2D eigenvalue weighted by Gasteiger charge is 2.15. The first-order valence-electron chi connectivity index (χ1n) is 9.05. The average molecular weight is 422 g/mol. The molecule has 30 heavy (non-hydrogen) atoms. The van der Waals surface area contributed by atoms with Crippen molar-refractivity contribution in [1.29, 1.82) is 5.26 Å². The van der Waals surface area contributed by atoms with Gasteiger partial charge in [0.2, 0.25) is 5.13 Å². The molecule has 0 saturated heterocycles. The van der Waals surface area contributed by atoms with Crippen molar-refractivity contribution in [2.24, 2.45) is 5.92 Å². The summed E-state index contributed by atoms with van der Waals surface area (Å²) < 4.78 is 1.72. The Kier molecular flexibility index (Phi) is 6.34. The molecule has 3 rings (SSSR count). The molecule has 2 heterocycles. The molecule has 0 unspecified atom stereocenters. The first-order chi connectivity index (χ1) is 14.4. The number of nitro groups is 1. The predicted octanol–water partition coefficient (Wildman–Crippen LogP) is 3.98. The number of hydrogen-bond acceptors (Lipinski definition) is 7. The maximum atomic E-state index is 12.5. The number of non-ortho nitro benzene ring substituents is 1. The van der Waals surface area contributed by atoms with Gasteiger partial charge in [0, 0.05) is 36.1 Å². The molecular formula is C20H18N6O3S. The minimum absolute atomic E-state index is 0.0195. The van der Waals surface area contributed by atoms with Crippen molar-refractivity contribution in [3.63, 3.8) is 0 Å². The molecule has 152 valence electrons. The molecule has 0 aliphatic heterocycles. The summed E-state index contributed by atoms with van der Waals surface area (Å²) in [6, 6.07) is 11.4. The highest BCUT2D eigenvalue weighted by molar-refractivity contribution is 7.15. The molecule has 0 radical (unpaired) electrons. The second-order valence-electron chi connectivity index (χ2n) is 6.80. The van der Waals surface area contributed by atoms with Gasteiger partial charge in [-0.25, -0.2) is 0 Å². The SMILES string of the molecule is CC(C)Cc1nnc(NC(=O)/C(C#N)=C\c2cccn2-c2ccc([N+](=O)[O-])cc2)s1. The van der Waals surface area contributed by atoms with Gasteiger partial charge in [-0.2, -0.15) is 5.26 Å². The van der Waals surface area contributed by atoms with Gasteiger partial charge in [0.1, 0.15) is 16.6 Å². The van der Waals surface area contributed by atoms with Crippen molar-refractivity contribution >= 4 is 34.1 Å². The second kappa shape index (κ2) is 9.11. The lowest BCUT2D eigenvalue weighted by Crippen LogP contribution is -2.13. The Labute approximate surface area is 176 Å². The molecular weight excluding hydrogens is 404 g/mol. The number of benzene rings is 1. The molecule has 1 amide bonds. The van der Waals surface area contributed by atoms with Gasteiger partial charge in [0.05, 0.1) is 4.92 Å². The normalized spacial score (nSPS) is 11.3. The fraction of sp³-hybridized carbons (Fsp3) is 0.200. The molecule has 0 aliphatic rings. The molecule has 0 fully saturated rings. The number of hydrogen-bond donors (Lipinski definition) is 1. The van der Waals surface area contributed by atoms with Crippen LogP contribution >= 0.6 is 11.3 Å². The fourth-order valence-corrected chi connectivity index (χ4v) is 3.63. The first-order valence-corrected chi connectivity index (χ1v) is 9.86. The van der Waals surface area contributed by atoms with Crippen LogP contribution in [0.4, 0.5) is 10.8 Å². The number of nitrogens with one attached hydrogen (secondary N) is 1. The predicted molar refractivity (Wildman–Crippen MR) is 113 cm³/mol. The van der Waals surface area contributed by atoms with Gasteiger partial charge in [0.25, 0.3) is 11.6 Å². The number of aromatic nitrogens is 3.